The van der Waals surface area contributed by atoms with Gasteiger partial charge in [0.1, 0.15) is 5.75 Å². The Hall–Kier alpha value is -2.12. The minimum atomic E-state index is -0.561. The molecule has 1 fully saturated rings. The van der Waals surface area contributed by atoms with Crippen molar-refractivity contribution in [3.63, 3.8) is 0 Å². The molecule has 2 rings (SSSR count). The molecular weight excluding hydrogens is 336 g/mol. The van der Waals surface area contributed by atoms with Crippen LogP contribution in [-0.4, -0.2) is 44.5 Å². The van der Waals surface area contributed by atoms with E-state index in [0.29, 0.717) is 31.1 Å². The molecule has 1 aromatic rings. The lowest BCUT2D eigenvalue weighted by atomic mass is 9.82. The predicted molar refractivity (Wildman–Crippen MR) is 96.8 cm³/mol. The number of nitrogens with one attached hydrogen (secondary N) is 1. The highest BCUT2D eigenvalue weighted by atomic mass is 16.7. The van der Waals surface area contributed by atoms with Crippen LogP contribution in [0.4, 0.5) is 0 Å². The standard InChI is InChI=1S/C19H28N2O5/c1-3-19(2,18-24-10-11-25-18)8-5-9-21-17(23)14-6-4-7-15(12-14)26-13-16(20)22/h4,6-7,12,18H,3,5,8-11,13H2,1-2H3,(H2,20,22)(H,21,23)/t19-/m0/s1. The summed E-state index contributed by atoms with van der Waals surface area (Å²) in [5, 5.41) is 2.91. The van der Waals surface area contributed by atoms with Crippen LogP contribution in [0.5, 0.6) is 5.75 Å². The highest BCUT2D eigenvalue weighted by Gasteiger charge is 2.36. The van der Waals surface area contributed by atoms with Gasteiger partial charge >= 0.3 is 0 Å². The third-order valence-electron chi connectivity index (χ3n) is 4.69. The quantitative estimate of drug-likeness (QED) is 0.617. The maximum absolute atomic E-state index is 12.3. The van der Waals surface area contributed by atoms with Crippen LogP contribution < -0.4 is 15.8 Å². The lowest BCUT2D eigenvalue weighted by Crippen LogP contribution is -2.34. The van der Waals surface area contributed by atoms with Crippen LogP contribution in [-0.2, 0) is 14.3 Å². The Morgan fingerprint density at radius 3 is 2.73 bits per heavy atom. The Labute approximate surface area is 154 Å². The number of rotatable bonds is 10. The second kappa shape index (κ2) is 9.54. The third-order valence-corrected chi connectivity index (χ3v) is 4.69. The molecule has 0 aromatic heterocycles. The highest BCUT2D eigenvalue weighted by Crippen LogP contribution is 2.35. The fourth-order valence-corrected chi connectivity index (χ4v) is 2.90. The summed E-state index contributed by atoms with van der Waals surface area (Å²) < 4.78 is 16.5. The van der Waals surface area contributed by atoms with Crippen LogP contribution in [0.2, 0.25) is 0 Å². The van der Waals surface area contributed by atoms with Crippen LogP contribution in [0.25, 0.3) is 0 Å². The summed E-state index contributed by atoms with van der Waals surface area (Å²) in [6.07, 6.45) is 2.51. The van der Waals surface area contributed by atoms with E-state index in [4.69, 9.17) is 19.9 Å². The fraction of sp³-hybridized carbons (Fsp3) is 0.579. The Morgan fingerprint density at radius 2 is 2.08 bits per heavy atom. The van der Waals surface area contributed by atoms with Crippen molar-refractivity contribution in [3.8, 4) is 5.75 Å². The van der Waals surface area contributed by atoms with E-state index in [1.165, 1.54) is 0 Å². The van der Waals surface area contributed by atoms with E-state index in [9.17, 15) is 9.59 Å². The summed E-state index contributed by atoms with van der Waals surface area (Å²) in [7, 11) is 0. The van der Waals surface area contributed by atoms with Crippen molar-refractivity contribution in [1.29, 1.82) is 0 Å². The molecule has 3 N–H and O–H groups in total. The highest BCUT2D eigenvalue weighted by molar-refractivity contribution is 5.94. The molecule has 2 amide bonds. The Balaban J connectivity index is 1.79. The molecule has 0 bridgehead atoms. The van der Waals surface area contributed by atoms with Gasteiger partial charge in [-0.3, -0.25) is 9.59 Å². The number of amides is 2. The SMILES string of the molecule is CC[C@@](C)(CCCNC(=O)c1cccc(OCC(N)=O)c1)C1OCCO1. The molecule has 1 heterocycles. The van der Waals surface area contributed by atoms with E-state index >= 15 is 0 Å². The maximum Gasteiger partial charge on any atom is 0.255 e. The Bertz CT molecular complexity index is 616. The van der Waals surface area contributed by atoms with E-state index in [2.05, 4.69) is 19.2 Å². The number of carbonyl (C=O) groups is 2. The molecule has 26 heavy (non-hydrogen) atoms. The van der Waals surface area contributed by atoms with Crippen LogP contribution in [0, 0.1) is 5.41 Å². The number of nitrogens with two attached hydrogens (primary N) is 1. The van der Waals surface area contributed by atoms with Crippen molar-refractivity contribution < 1.29 is 23.8 Å². The molecule has 1 aliphatic heterocycles. The zero-order chi connectivity index (χ0) is 19.0. The van der Waals surface area contributed by atoms with Crippen LogP contribution in [0.15, 0.2) is 24.3 Å². The fourth-order valence-electron chi connectivity index (χ4n) is 2.90. The first-order valence-corrected chi connectivity index (χ1v) is 8.97. The van der Waals surface area contributed by atoms with E-state index in [1.807, 2.05) is 0 Å². The minimum Gasteiger partial charge on any atom is -0.484 e. The smallest absolute Gasteiger partial charge is 0.255 e. The summed E-state index contributed by atoms with van der Waals surface area (Å²) in [5.41, 5.74) is 5.48. The largest absolute Gasteiger partial charge is 0.484 e. The third kappa shape index (κ3) is 5.71. The van der Waals surface area contributed by atoms with Crippen molar-refractivity contribution in [2.24, 2.45) is 11.1 Å². The second-order valence-electron chi connectivity index (χ2n) is 6.72. The molecular formula is C19H28N2O5. The summed E-state index contributed by atoms with van der Waals surface area (Å²) in [4.78, 5) is 23.0. The number of primary amides is 1. The van der Waals surface area contributed by atoms with Gasteiger partial charge in [0.15, 0.2) is 12.9 Å². The second-order valence-corrected chi connectivity index (χ2v) is 6.72. The topological polar surface area (TPSA) is 99.9 Å². The molecule has 144 valence electrons. The van der Waals surface area contributed by atoms with Crippen molar-refractivity contribution in [1.82, 2.24) is 5.32 Å². The van der Waals surface area contributed by atoms with Crippen molar-refractivity contribution in [2.75, 3.05) is 26.4 Å². The van der Waals surface area contributed by atoms with Crippen LogP contribution in [0.1, 0.15) is 43.5 Å². The van der Waals surface area contributed by atoms with Gasteiger partial charge in [-0.05, 0) is 37.5 Å². The first-order valence-electron chi connectivity index (χ1n) is 8.97. The van der Waals surface area contributed by atoms with Gasteiger partial charge in [0, 0.05) is 17.5 Å². The van der Waals surface area contributed by atoms with Crippen LogP contribution in [0.3, 0.4) is 0 Å². The molecule has 0 spiro atoms. The molecule has 7 nitrogen and oxygen atoms in total. The molecule has 0 unspecified atom stereocenters. The monoisotopic (exact) mass is 364 g/mol. The van der Waals surface area contributed by atoms with E-state index < -0.39 is 5.91 Å². The summed E-state index contributed by atoms with van der Waals surface area (Å²) in [6.45, 7) is 5.92. The zero-order valence-electron chi connectivity index (χ0n) is 15.5. The van der Waals surface area contributed by atoms with Crippen molar-refractivity contribution >= 4 is 11.8 Å². The number of carbonyl (C=O) groups excluding carboxylic acids is 2. The molecule has 1 aliphatic rings. The number of benzene rings is 1. The molecule has 0 aliphatic carbocycles. The van der Waals surface area contributed by atoms with E-state index in [0.717, 1.165) is 19.3 Å². The van der Waals surface area contributed by atoms with Gasteiger partial charge in [-0.2, -0.15) is 0 Å². The normalized spacial score (nSPS) is 16.8. The van der Waals surface area contributed by atoms with E-state index in [1.54, 1.807) is 24.3 Å². The first kappa shape index (κ1) is 20.2. The Morgan fingerprint density at radius 1 is 1.35 bits per heavy atom. The Kier molecular flexibility index (Phi) is 7.41. The van der Waals surface area contributed by atoms with Gasteiger partial charge in [0.05, 0.1) is 13.2 Å². The van der Waals surface area contributed by atoms with Crippen molar-refractivity contribution in [2.45, 2.75) is 39.4 Å². The molecule has 1 atom stereocenters. The number of ether oxygens (including phenoxy) is 3. The number of hydrogen-bond acceptors (Lipinski definition) is 5. The van der Waals surface area contributed by atoms with Gasteiger partial charge < -0.3 is 25.3 Å². The predicted octanol–water partition coefficient (Wildman–Crippen LogP) is 1.85. The van der Waals surface area contributed by atoms with Gasteiger partial charge in [-0.15, -0.1) is 0 Å². The minimum absolute atomic E-state index is 0.0518. The van der Waals surface area contributed by atoms with Gasteiger partial charge in [-0.25, -0.2) is 0 Å². The average molecular weight is 364 g/mol. The average Bonchev–Trinajstić information content (AvgIpc) is 3.19. The maximum atomic E-state index is 12.3. The van der Waals surface area contributed by atoms with Crippen LogP contribution >= 0.6 is 0 Å². The molecule has 0 radical (unpaired) electrons. The summed E-state index contributed by atoms with van der Waals surface area (Å²) >= 11 is 0. The lowest BCUT2D eigenvalue weighted by Gasteiger charge is -2.33. The van der Waals surface area contributed by atoms with E-state index in [-0.39, 0.29) is 24.2 Å². The van der Waals surface area contributed by atoms with Gasteiger partial charge in [-0.1, -0.05) is 19.9 Å². The summed E-state index contributed by atoms with van der Waals surface area (Å²) in [6, 6.07) is 6.67. The molecule has 7 heteroatoms. The zero-order valence-corrected chi connectivity index (χ0v) is 15.5. The molecule has 1 saturated heterocycles. The number of hydrogen-bond donors (Lipinski definition) is 2. The molecule has 1 aromatic carbocycles. The molecule has 0 saturated carbocycles. The van der Waals surface area contributed by atoms with Gasteiger partial charge in [0.2, 0.25) is 0 Å². The first-order chi connectivity index (χ1) is 12.4. The van der Waals surface area contributed by atoms with Gasteiger partial charge in [0.25, 0.3) is 11.8 Å². The lowest BCUT2D eigenvalue weighted by molar-refractivity contribution is -0.131. The summed E-state index contributed by atoms with van der Waals surface area (Å²) in [5.74, 6) is -0.305. The van der Waals surface area contributed by atoms with Crippen molar-refractivity contribution in [3.05, 3.63) is 29.8 Å².